The second kappa shape index (κ2) is 4.78. The first-order valence-corrected chi connectivity index (χ1v) is 6.78. The normalized spacial score (nSPS) is 29.3. The van der Waals surface area contributed by atoms with Gasteiger partial charge < -0.3 is 5.11 Å². The van der Waals surface area contributed by atoms with Gasteiger partial charge in [0.25, 0.3) is 10.2 Å². The second-order valence-electron chi connectivity index (χ2n) is 4.33. The number of nitrogens with one attached hydrogen (secondary N) is 1. The summed E-state index contributed by atoms with van der Waals surface area (Å²) in [6.07, 6.45) is 2.14. The summed E-state index contributed by atoms with van der Waals surface area (Å²) in [6.45, 7) is 4.71. The molecule has 0 aromatic heterocycles. The van der Waals surface area contributed by atoms with Crippen molar-refractivity contribution in [3.05, 3.63) is 0 Å². The highest BCUT2D eigenvalue weighted by atomic mass is 32.2. The molecule has 1 saturated heterocycles. The molecule has 5 nitrogen and oxygen atoms in total. The number of nitrogens with zero attached hydrogens (tertiary/aromatic N) is 1. The Kier molecular flexibility index (Phi) is 4.11. The Labute approximate surface area is 91.7 Å². The van der Waals surface area contributed by atoms with E-state index in [-0.39, 0.29) is 6.54 Å². The Morgan fingerprint density at radius 2 is 2.20 bits per heavy atom. The molecule has 1 aliphatic rings. The third-order valence-corrected chi connectivity index (χ3v) is 4.07. The lowest BCUT2D eigenvalue weighted by Crippen LogP contribution is -2.52. The molecular formula is C9H20N2O3S. The highest BCUT2D eigenvalue weighted by Gasteiger charge is 2.34. The number of hydrogen-bond donors (Lipinski definition) is 2. The largest absolute Gasteiger partial charge is 0.389 e. The monoisotopic (exact) mass is 236 g/mol. The van der Waals surface area contributed by atoms with E-state index in [4.69, 9.17) is 0 Å². The molecule has 0 bridgehead atoms. The molecule has 0 radical (unpaired) electrons. The third kappa shape index (κ3) is 3.71. The zero-order chi connectivity index (χ0) is 11.5. The molecule has 0 aliphatic carbocycles. The molecule has 90 valence electrons. The number of hydrogen-bond acceptors (Lipinski definition) is 3. The van der Waals surface area contributed by atoms with E-state index in [9.17, 15) is 13.5 Å². The van der Waals surface area contributed by atoms with Crippen LogP contribution in [0, 0.1) is 0 Å². The summed E-state index contributed by atoms with van der Waals surface area (Å²) >= 11 is 0. The van der Waals surface area contributed by atoms with E-state index in [2.05, 4.69) is 4.72 Å². The SMILES string of the molecule is CCCNS(=O)(=O)N1CCCC(C)(O)C1. The Morgan fingerprint density at radius 3 is 2.73 bits per heavy atom. The summed E-state index contributed by atoms with van der Waals surface area (Å²) in [6, 6.07) is 0. The zero-order valence-electron chi connectivity index (χ0n) is 9.36. The van der Waals surface area contributed by atoms with E-state index in [1.54, 1.807) is 6.92 Å². The topological polar surface area (TPSA) is 69.6 Å². The molecule has 1 aliphatic heterocycles. The fraction of sp³-hybridized carbons (Fsp3) is 1.00. The van der Waals surface area contributed by atoms with Crippen LogP contribution in [0.3, 0.4) is 0 Å². The number of piperidine rings is 1. The van der Waals surface area contributed by atoms with Crippen molar-refractivity contribution in [2.24, 2.45) is 0 Å². The smallest absolute Gasteiger partial charge is 0.279 e. The van der Waals surface area contributed by atoms with Gasteiger partial charge in [-0.2, -0.15) is 12.7 Å². The molecule has 2 N–H and O–H groups in total. The van der Waals surface area contributed by atoms with Gasteiger partial charge >= 0.3 is 0 Å². The number of β-amino-alcohol motifs (C(OH)–C–C–N with tert-alkyl or cyclic N) is 1. The van der Waals surface area contributed by atoms with Crippen molar-refractivity contribution in [2.45, 2.75) is 38.7 Å². The van der Waals surface area contributed by atoms with Gasteiger partial charge in [0.1, 0.15) is 0 Å². The maximum atomic E-state index is 11.7. The van der Waals surface area contributed by atoms with Crippen LogP contribution in [-0.4, -0.2) is 43.1 Å². The molecule has 1 fully saturated rings. The summed E-state index contributed by atoms with van der Waals surface area (Å²) in [7, 11) is -3.39. The Bertz CT molecular complexity index is 300. The highest BCUT2D eigenvalue weighted by molar-refractivity contribution is 7.87. The Balaban J connectivity index is 2.63. The van der Waals surface area contributed by atoms with Crippen LogP contribution in [0.1, 0.15) is 33.1 Å². The third-order valence-electron chi connectivity index (χ3n) is 2.51. The van der Waals surface area contributed by atoms with E-state index in [1.165, 1.54) is 4.31 Å². The van der Waals surface area contributed by atoms with E-state index < -0.39 is 15.8 Å². The maximum absolute atomic E-state index is 11.7. The zero-order valence-corrected chi connectivity index (χ0v) is 10.2. The lowest BCUT2D eigenvalue weighted by atomic mass is 9.97. The minimum Gasteiger partial charge on any atom is -0.389 e. The Hall–Kier alpha value is -0.170. The van der Waals surface area contributed by atoms with Gasteiger partial charge in [0.05, 0.1) is 5.60 Å². The summed E-state index contributed by atoms with van der Waals surface area (Å²) in [5.41, 5.74) is -0.890. The number of aliphatic hydroxyl groups is 1. The van der Waals surface area contributed by atoms with Crippen molar-refractivity contribution >= 4 is 10.2 Å². The van der Waals surface area contributed by atoms with Crippen molar-refractivity contribution < 1.29 is 13.5 Å². The quantitative estimate of drug-likeness (QED) is 0.726. The molecule has 1 unspecified atom stereocenters. The molecule has 1 rings (SSSR count). The first-order valence-electron chi connectivity index (χ1n) is 5.34. The van der Waals surface area contributed by atoms with Gasteiger partial charge in [-0.3, -0.25) is 0 Å². The van der Waals surface area contributed by atoms with Gasteiger partial charge in [-0.1, -0.05) is 6.92 Å². The molecule has 15 heavy (non-hydrogen) atoms. The summed E-state index contributed by atoms with van der Waals surface area (Å²) in [4.78, 5) is 0. The van der Waals surface area contributed by atoms with Crippen LogP contribution in [0.25, 0.3) is 0 Å². The fourth-order valence-electron chi connectivity index (χ4n) is 1.70. The van der Waals surface area contributed by atoms with E-state index in [0.29, 0.717) is 25.9 Å². The fourth-order valence-corrected chi connectivity index (χ4v) is 3.16. The molecule has 1 atom stereocenters. The Morgan fingerprint density at radius 1 is 1.53 bits per heavy atom. The molecule has 0 aromatic rings. The van der Waals surface area contributed by atoms with Crippen LogP contribution < -0.4 is 4.72 Å². The van der Waals surface area contributed by atoms with Gasteiger partial charge in [-0.15, -0.1) is 0 Å². The van der Waals surface area contributed by atoms with Crippen LogP contribution in [0.15, 0.2) is 0 Å². The molecule has 0 saturated carbocycles. The molecule has 6 heteroatoms. The minimum atomic E-state index is -3.39. The lowest BCUT2D eigenvalue weighted by Gasteiger charge is -2.35. The van der Waals surface area contributed by atoms with Crippen LogP contribution in [0.4, 0.5) is 0 Å². The molecular weight excluding hydrogens is 216 g/mol. The van der Waals surface area contributed by atoms with Gasteiger partial charge in [0.2, 0.25) is 0 Å². The van der Waals surface area contributed by atoms with Crippen molar-refractivity contribution in [3.63, 3.8) is 0 Å². The van der Waals surface area contributed by atoms with Crippen molar-refractivity contribution in [1.29, 1.82) is 0 Å². The average Bonchev–Trinajstić information content (AvgIpc) is 2.13. The van der Waals surface area contributed by atoms with Crippen LogP contribution >= 0.6 is 0 Å². The average molecular weight is 236 g/mol. The van der Waals surface area contributed by atoms with Crippen LogP contribution in [-0.2, 0) is 10.2 Å². The van der Waals surface area contributed by atoms with E-state index >= 15 is 0 Å². The van der Waals surface area contributed by atoms with Gasteiger partial charge in [0, 0.05) is 19.6 Å². The van der Waals surface area contributed by atoms with Crippen molar-refractivity contribution in [1.82, 2.24) is 9.03 Å². The molecule has 0 amide bonds. The van der Waals surface area contributed by atoms with Crippen molar-refractivity contribution in [2.75, 3.05) is 19.6 Å². The van der Waals surface area contributed by atoms with E-state index in [0.717, 1.165) is 6.42 Å². The minimum absolute atomic E-state index is 0.187. The predicted octanol–water partition coefficient (Wildman–Crippen LogP) is 0.0776. The lowest BCUT2D eigenvalue weighted by molar-refractivity contribution is 0.00907. The predicted molar refractivity (Wildman–Crippen MR) is 58.6 cm³/mol. The second-order valence-corrected chi connectivity index (χ2v) is 6.09. The summed E-state index contributed by atoms with van der Waals surface area (Å²) < 4.78 is 27.3. The van der Waals surface area contributed by atoms with Gasteiger partial charge in [0.15, 0.2) is 0 Å². The molecule has 1 heterocycles. The number of rotatable bonds is 4. The van der Waals surface area contributed by atoms with Crippen LogP contribution in [0.2, 0.25) is 0 Å². The maximum Gasteiger partial charge on any atom is 0.279 e. The van der Waals surface area contributed by atoms with E-state index in [1.807, 2.05) is 6.92 Å². The molecule has 0 aromatic carbocycles. The van der Waals surface area contributed by atoms with Crippen LogP contribution in [0.5, 0.6) is 0 Å². The first-order chi connectivity index (χ1) is 6.87. The summed E-state index contributed by atoms with van der Waals surface area (Å²) in [5.74, 6) is 0. The highest BCUT2D eigenvalue weighted by Crippen LogP contribution is 2.21. The first kappa shape index (κ1) is 12.9. The summed E-state index contributed by atoms with van der Waals surface area (Å²) in [5, 5.41) is 9.80. The van der Waals surface area contributed by atoms with Gasteiger partial charge in [-0.25, -0.2) is 4.72 Å². The molecule has 0 spiro atoms. The van der Waals surface area contributed by atoms with Crippen molar-refractivity contribution in [3.8, 4) is 0 Å². The van der Waals surface area contributed by atoms with Gasteiger partial charge in [-0.05, 0) is 26.2 Å². The standard InChI is InChI=1S/C9H20N2O3S/c1-3-6-10-15(13,14)11-7-4-5-9(2,12)8-11/h10,12H,3-8H2,1-2H3.